The van der Waals surface area contributed by atoms with Gasteiger partial charge in [-0.3, -0.25) is 0 Å². The molecule has 1 radical (unpaired) electrons. The minimum atomic E-state index is 0. The van der Waals surface area contributed by atoms with Crippen LogP contribution in [-0.2, 0) is 17.1 Å². The van der Waals surface area contributed by atoms with Crippen molar-refractivity contribution in [3.63, 3.8) is 0 Å². The molecule has 0 aliphatic heterocycles. The molecule has 0 heterocycles. The van der Waals surface area contributed by atoms with E-state index in [2.05, 4.69) is 10.6 Å². The molecule has 71 valence electrons. The monoisotopic (exact) mass is 209 g/mol. The average molecular weight is 210 g/mol. The average Bonchev–Trinajstić information content (AvgIpc) is 1.97. The van der Waals surface area contributed by atoms with Crippen LogP contribution in [0, 0.1) is 0 Å². The van der Waals surface area contributed by atoms with Crippen LogP contribution in [0.1, 0.15) is 0 Å². The second-order valence-electron chi connectivity index (χ2n) is 2.08. The minimum Gasteiger partial charge on any atom is -0.329 e. The minimum absolute atomic E-state index is 0. The van der Waals surface area contributed by atoms with E-state index in [0.29, 0.717) is 13.1 Å². The maximum absolute atomic E-state index is 5.27. The number of nitrogens with one attached hydrogen (secondary N) is 2. The van der Waals surface area contributed by atoms with Crippen LogP contribution in [-0.4, -0.2) is 39.3 Å². The zero-order chi connectivity index (χ0) is 7.66. The standard InChI is InChI=1S/C6H18N4.Cu/c7-1-3-9-5-6-10-4-2-8;/h9-10H,1-8H2;/q;+2. The molecule has 0 atom stereocenters. The summed E-state index contributed by atoms with van der Waals surface area (Å²) in [6, 6.07) is 0. The second kappa shape index (κ2) is 13.0. The summed E-state index contributed by atoms with van der Waals surface area (Å²) in [5, 5.41) is 6.33. The van der Waals surface area contributed by atoms with Gasteiger partial charge in [-0.1, -0.05) is 0 Å². The van der Waals surface area contributed by atoms with Crippen molar-refractivity contribution in [2.24, 2.45) is 11.5 Å². The van der Waals surface area contributed by atoms with E-state index in [1.54, 1.807) is 0 Å². The Morgan fingerprint density at radius 3 is 1.36 bits per heavy atom. The van der Waals surface area contributed by atoms with E-state index < -0.39 is 0 Å². The maximum Gasteiger partial charge on any atom is 2.00 e. The molecule has 0 saturated heterocycles. The van der Waals surface area contributed by atoms with Gasteiger partial charge in [-0.25, -0.2) is 0 Å². The third kappa shape index (κ3) is 13.4. The Balaban J connectivity index is 0. The van der Waals surface area contributed by atoms with Crippen molar-refractivity contribution in [3.05, 3.63) is 0 Å². The number of hydrogen-bond acceptors (Lipinski definition) is 4. The SMILES string of the molecule is NCCNCCNCCN.[Cu+2]. The number of hydrogen-bond donors (Lipinski definition) is 4. The summed E-state index contributed by atoms with van der Waals surface area (Å²) in [6.45, 7) is 5.14. The molecule has 0 unspecified atom stereocenters. The molecule has 5 heteroatoms. The fraction of sp³-hybridized carbons (Fsp3) is 1.00. The van der Waals surface area contributed by atoms with Gasteiger partial charge in [0.1, 0.15) is 0 Å². The van der Waals surface area contributed by atoms with Crippen molar-refractivity contribution in [2.75, 3.05) is 39.3 Å². The summed E-state index contributed by atoms with van der Waals surface area (Å²) in [6.07, 6.45) is 0. The molecule has 0 fully saturated rings. The predicted molar refractivity (Wildman–Crippen MR) is 43.8 cm³/mol. The van der Waals surface area contributed by atoms with Crippen LogP contribution in [0.3, 0.4) is 0 Å². The first kappa shape index (κ1) is 13.9. The number of rotatable bonds is 7. The van der Waals surface area contributed by atoms with Crippen LogP contribution in [0.5, 0.6) is 0 Å². The summed E-state index contributed by atoms with van der Waals surface area (Å²) in [5.41, 5.74) is 10.5. The van der Waals surface area contributed by atoms with Crippen molar-refractivity contribution < 1.29 is 17.1 Å². The summed E-state index contributed by atoms with van der Waals surface area (Å²) in [5.74, 6) is 0. The summed E-state index contributed by atoms with van der Waals surface area (Å²) >= 11 is 0. The zero-order valence-electron chi connectivity index (χ0n) is 6.70. The van der Waals surface area contributed by atoms with Crippen LogP contribution in [0.4, 0.5) is 0 Å². The zero-order valence-corrected chi connectivity index (χ0v) is 7.64. The molecule has 6 N–H and O–H groups in total. The Morgan fingerprint density at radius 1 is 0.727 bits per heavy atom. The fourth-order valence-corrected chi connectivity index (χ4v) is 0.631. The Morgan fingerprint density at radius 2 is 1.09 bits per heavy atom. The van der Waals surface area contributed by atoms with Gasteiger partial charge in [0.25, 0.3) is 0 Å². The third-order valence-corrected chi connectivity index (χ3v) is 1.12. The fourth-order valence-electron chi connectivity index (χ4n) is 0.631. The van der Waals surface area contributed by atoms with Gasteiger partial charge in [0.05, 0.1) is 0 Å². The van der Waals surface area contributed by atoms with E-state index in [9.17, 15) is 0 Å². The van der Waals surface area contributed by atoms with Gasteiger partial charge in [-0.05, 0) is 0 Å². The van der Waals surface area contributed by atoms with Crippen LogP contribution in [0.25, 0.3) is 0 Å². The van der Waals surface area contributed by atoms with Gasteiger partial charge in [-0.2, -0.15) is 0 Å². The Labute approximate surface area is 78.9 Å². The van der Waals surface area contributed by atoms with Gasteiger partial charge in [0.15, 0.2) is 0 Å². The molecule has 11 heavy (non-hydrogen) atoms. The van der Waals surface area contributed by atoms with E-state index in [1.165, 1.54) is 0 Å². The van der Waals surface area contributed by atoms with Crippen LogP contribution in [0.2, 0.25) is 0 Å². The van der Waals surface area contributed by atoms with Crippen LogP contribution >= 0.6 is 0 Å². The molecule has 4 nitrogen and oxygen atoms in total. The van der Waals surface area contributed by atoms with E-state index in [-0.39, 0.29) is 17.1 Å². The van der Waals surface area contributed by atoms with Crippen molar-refractivity contribution in [1.82, 2.24) is 10.6 Å². The molecule has 0 aliphatic carbocycles. The first-order chi connectivity index (χ1) is 4.91. The van der Waals surface area contributed by atoms with Gasteiger partial charge in [0.2, 0.25) is 0 Å². The molecule has 0 saturated carbocycles. The Hall–Kier alpha value is 0.359. The van der Waals surface area contributed by atoms with Crippen LogP contribution < -0.4 is 22.1 Å². The van der Waals surface area contributed by atoms with Crippen molar-refractivity contribution in [1.29, 1.82) is 0 Å². The van der Waals surface area contributed by atoms with Crippen molar-refractivity contribution in [3.8, 4) is 0 Å². The molecular formula is C6H18CuN4+2. The smallest absolute Gasteiger partial charge is 0.329 e. The van der Waals surface area contributed by atoms with Gasteiger partial charge < -0.3 is 22.1 Å². The quantitative estimate of drug-likeness (QED) is 0.291. The van der Waals surface area contributed by atoms with E-state index in [0.717, 1.165) is 26.2 Å². The van der Waals surface area contributed by atoms with Crippen molar-refractivity contribution in [2.45, 2.75) is 0 Å². The Bertz CT molecular complexity index is 54.5. The second-order valence-corrected chi connectivity index (χ2v) is 2.08. The van der Waals surface area contributed by atoms with Gasteiger partial charge >= 0.3 is 17.1 Å². The maximum atomic E-state index is 5.27. The molecule has 0 spiro atoms. The summed E-state index contributed by atoms with van der Waals surface area (Å²) in [4.78, 5) is 0. The van der Waals surface area contributed by atoms with Crippen LogP contribution in [0.15, 0.2) is 0 Å². The van der Waals surface area contributed by atoms with E-state index in [1.807, 2.05) is 0 Å². The topological polar surface area (TPSA) is 76.1 Å². The summed E-state index contributed by atoms with van der Waals surface area (Å²) < 4.78 is 0. The third-order valence-electron chi connectivity index (χ3n) is 1.12. The predicted octanol–water partition coefficient (Wildman–Crippen LogP) is -1.92. The summed E-state index contributed by atoms with van der Waals surface area (Å²) in [7, 11) is 0. The molecular weight excluding hydrogens is 192 g/mol. The largest absolute Gasteiger partial charge is 2.00 e. The van der Waals surface area contributed by atoms with Gasteiger partial charge in [-0.15, -0.1) is 0 Å². The van der Waals surface area contributed by atoms with Gasteiger partial charge in [0, 0.05) is 39.3 Å². The molecule has 0 aromatic carbocycles. The van der Waals surface area contributed by atoms with E-state index >= 15 is 0 Å². The Kier molecular flexibility index (Phi) is 16.4. The normalized spacial score (nSPS) is 9.27. The molecule has 0 aliphatic rings. The number of nitrogens with two attached hydrogens (primary N) is 2. The first-order valence-electron chi connectivity index (χ1n) is 3.73. The molecule has 0 rings (SSSR count). The first-order valence-corrected chi connectivity index (χ1v) is 3.73. The van der Waals surface area contributed by atoms with Crippen molar-refractivity contribution >= 4 is 0 Å². The molecule has 0 aromatic rings. The molecule has 0 amide bonds. The molecule has 0 bridgehead atoms. The van der Waals surface area contributed by atoms with E-state index in [4.69, 9.17) is 11.5 Å². The molecule has 0 aromatic heterocycles.